The number of methoxy groups -OCH3 is 1. The van der Waals surface area contributed by atoms with Crippen molar-refractivity contribution in [2.75, 3.05) is 68.7 Å². The number of nitrogens with zero attached hydrogens (tertiary/aromatic N) is 5. The Morgan fingerprint density at radius 2 is 2.00 bits per heavy atom. The molecule has 2 heterocycles. The second kappa shape index (κ2) is 9.38. The van der Waals surface area contributed by atoms with Crippen molar-refractivity contribution in [1.82, 2.24) is 14.9 Å². The lowest BCUT2D eigenvalue weighted by Gasteiger charge is -2.24. The third-order valence-electron chi connectivity index (χ3n) is 6.17. The average molecular weight is 465 g/mol. The maximum atomic E-state index is 7.53. The normalized spacial score (nSPS) is 15.9. The van der Waals surface area contributed by atoms with Crippen molar-refractivity contribution < 1.29 is 8.85 Å². The molecule has 2 aromatic carbocycles. The first-order valence-electron chi connectivity index (χ1n) is 12.8. The van der Waals surface area contributed by atoms with Gasteiger partial charge < -0.3 is 30.5 Å². The van der Waals surface area contributed by atoms with Crippen LogP contribution in [0.5, 0.6) is 5.75 Å². The predicted octanol–water partition coefficient (Wildman–Crippen LogP) is 4.24. The van der Waals surface area contributed by atoms with E-state index in [-0.39, 0.29) is 5.41 Å². The van der Waals surface area contributed by atoms with E-state index >= 15 is 0 Å². The number of nitrogen functional groups attached to an aromatic ring is 1. The van der Waals surface area contributed by atoms with Gasteiger partial charge in [-0.15, -0.1) is 0 Å². The molecule has 3 N–H and O–H groups in total. The number of hydrogen-bond acceptors (Lipinski definition) is 8. The highest BCUT2D eigenvalue weighted by atomic mass is 16.5. The predicted molar refractivity (Wildman–Crippen MR) is 141 cm³/mol. The Kier molecular flexibility index (Phi) is 5.49. The molecule has 0 fully saturated rings. The maximum absolute atomic E-state index is 7.53. The molecule has 0 spiro atoms. The van der Waals surface area contributed by atoms with Gasteiger partial charge in [-0.05, 0) is 37.8 Å². The number of benzene rings is 2. The molecule has 1 aliphatic heterocycles. The van der Waals surface area contributed by atoms with Crippen LogP contribution in [0.4, 0.5) is 34.5 Å². The fraction of sp³-hybridized carbons (Fsp3) is 0.385. The second-order valence-corrected chi connectivity index (χ2v) is 9.31. The molecule has 1 aliphatic rings. The van der Waals surface area contributed by atoms with Crippen LogP contribution in [0.1, 0.15) is 23.5 Å². The van der Waals surface area contributed by atoms with Crippen molar-refractivity contribution >= 4 is 34.5 Å². The standard InChI is InChI=1S/C26H35N7O/c1-26(2)17-33(21-10-8-7-9-18(21)26)24-11-12-28-25(30-24)29-20-15-19(27)22(16-23(20)34-6)32(5)14-13-31(3)4/h7-12,15-16H,13-14,17,27H2,1-6H3,(H,28,29,30)/i3D3. The third-order valence-corrected chi connectivity index (χ3v) is 6.17. The van der Waals surface area contributed by atoms with E-state index in [4.69, 9.17) is 19.6 Å². The van der Waals surface area contributed by atoms with E-state index in [9.17, 15) is 0 Å². The van der Waals surface area contributed by atoms with E-state index in [1.807, 2.05) is 30.1 Å². The van der Waals surface area contributed by atoms with E-state index in [2.05, 4.69) is 47.2 Å². The number of nitrogens with two attached hydrogens (primary N) is 1. The molecule has 0 bridgehead atoms. The van der Waals surface area contributed by atoms with Gasteiger partial charge in [-0.25, -0.2) is 4.98 Å². The topological polar surface area (TPSA) is 82.8 Å². The number of para-hydroxylation sites is 1. The Bertz CT molecular complexity index is 1270. The highest BCUT2D eigenvalue weighted by Gasteiger charge is 2.36. The number of ether oxygens (including phenoxy) is 1. The van der Waals surface area contributed by atoms with E-state index in [0.29, 0.717) is 36.2 Å². The monoisotopic (exact) mass is 464 g/mol. The van der Waals surface area contributed by atoms with E-state index in [1.54, 1.807) is 26.4 Å². The van der Waals surface area contributed by atoms with Crippen LogP contribution in [-0.4, -0.2) is 62.7 Å². The molecule has 0 unspecified atom stereocenters. The number of likely N-dealkylation sites (N-methyl/N-ethyl adjacent to an activating group) is 2. The van der Waals surface area contributed by atoms with Crippen LogP contribution in [0.3, 0.4) is 0 Å². The smallest absolute Gasteiger partial charge is 0.229 e. The van der Waals surface area contributed by atoms with Gasteiger partial charge in [-0.3, -0.25) is 0 Å². The summed E-state index contributed by atoms with van der Waals surface area (Å²) >= 11 is 0. The first-order valence-corrected chi connectivity index (χ1v) is 11.3. The number of rotatable bonds is 8. The van der Waals surface area contributed by atoms with E-state index in [0.717, 1.165) is 23.7 Å². The van der Waals surface area contributed by atoms with Gasteiger partial charge in [0.1, 0.15) is 11.6 Å². The summed E-state index contributed by atoms with van der Waals surface area (Å²) in [7, 11) is 5.03. The molecule has 1 aromatic heterocycles. The van der Waals surface area contributed by atoms with E-state index < -0.39 is 6.98 Å². The Morgan fingerprint density at radius 1 is 1.21 bits per heavy atom. The molecule has 0 atom stereocenters. The molecule has 4 rings (SSSR count). The Morgan fingerprint density at radius 3 is 2.76 bits per heavy atom. The number of nitrogens with one attached hydrogen (secondary N) is 1. The second-order valence-electron chi connectivity index (χ2n) is 9.31. The number of hydrogen-bond donors (Lipinski definition) is 2. The van der Waals surface area contributed by atoms with Gasteiger partial charge in [0.2, 0.25) is 5.95 Å². The molecule has 0 radical (unpaired) electrons. The Balaban J connectivity index is 1.55. The lowest BCUT2D eigenvalue weighted by Crippen LogP contribution is -2.29. The average Bonchev–Trinajstić information content (AvgIpc) is 3.13. The van der Waals surface area contributed by atoms with Crippen molar-refractivity contribution in [2.45, 2.75) is 19.3 Å². The van der Waals surface area contributed by atoms with Crippen LogP contribution < -0.4 is 25.6 Å². The summed E-state index contributed by atoms with van der Waals surface area (Å²) in [6, 6.07) is 13.9. The number of aromatic nitrogens is 2. The molecule has 8 nitrogen and oxygen atoms in total. The van der Waals surface area contributed by atoms with Gasteiger partial charge in [0.25, 0.3) is 0 Å². The van der Waals surface area contributed by atoms with E-state index in [1.165, 1.54) is 10.5 Å². The third kappa shape index (κ3) is 4.72. The van der Waals surface area contributed by atoms with Gasteiger partial charge in [-0.2, -0.15) is 4.98 Å². The summed E-state index contributed by atoms with van der Waals surface area (Å²) < 4.78 is 28.2. The molecule has 0 saturated heterocycles. The zero-order valence-electron chi connectivity index (χ0n) is 23.5. The molecule has 0 saturated carbocycles. The lowest BCUT2D eigenvalue weighted by atomic mass is 9.87. The number of anilines is 6. The Hall–Kier alpha value is -3.52. The van der Waals surface area contributed by atoms with Gasteiger partial charge in [0.15, 0.2) is 0 Å². The molecular formula is C26H35N7O. The molecule has 8 heteroatoms. The minimum atomic E-state index is -2.14. The first-order chi connectivity index (χ1) is 17.4. The number of fused-ring (bicyclic) bond motifs is 1. The highest BCUT2D eigenvalue weighted by molar-refractivity contribution is 5.79. The molecule has 0 aliphatic carbocycles. The summed E-state index contributed by atoms with van der Waals surface area (Å²) in [5.74, 6) is 1.80. The van der Waals surface area contributed by atoms with Crippen LogP contribution in [0.2, 0.25) is 0 Å². The van der Waals surface area contributed by atoms with Crippen LogP contribution in [0.25, 0.3) is 0 Å². The summed E-state index contributed by atoms with van der Waals surface area (Å²) in [4.78, 5) is 14.7. The van der Waals surface area contributed by atoms with Crippen molar-refractivity contribution in [3.63, 3.8) is 0 Å². The van der Waals surface area contributed by atoms with Crippen LogP contribution in [-0.2, 0) is 5.41 Å². The molecule has 0 amide bonds. The highest BCUT2D eigenvalue weighted by Crippen LogP contribution is 2.43. The summed E-state index contributed by atoms with van der Waals surface area (Å²) in [6.07, 6.45) is 1.73. The largest absolute Gasteiger partial charge is 0.494 e. The Labute approximate surface area is 206 Å². The van der Waals surface area contributed by atoms with Crippen LogP contribution in [0.15, 0.2) is 48.7 Å². The van der Waals surface area contributed by atoms with Crippen molar-refractivity contribution in [3.8, 4) is 5.75 Å². The molecule has 180 valence electrons. The lowest BCUT2D eigenvalue weighted by molar-refractivity contribution is 0.413. The van der Waals surface area contributed by atoms with Crippen molar-refractivity contribution in [1.29, 1.82) is 0 Å². The summed E-state index contributed by atoms with van der Waals surface area (Å²) in [6.45, 7) is 3.98. The quantitative estimate of drug-likeness (QED) is 0.479. The van der Waals surface area contributed by atoms with Gasteiger partial charge >= 0.3 is 0 Å². The van der Waals surface area contributed by atoms with Crippen LogP contribution in [0, 0.1) is 0 Å². The minimum absolute atomic E-state index is 0.00691. The SMILES string of the molecule is [2H]C([2H])([2H])N(C)CCN(C)c1cc(OC)c(Nc2nccc(N3CC(C)(C)c4ccccc43)n2)cc1N. The fourth-order valence-electron chi connectivity index (χ4n) is 4.33. The zero-order valence-corrected chi connectivity index (χ0v) is 20.5. The molecular weight excluding hydrogens is 426 g/mol. The minimum Gasteiger partial charge on any atom is -0.494 e. The van der Waals surface area contributed by atoms with Gasteiger partial charge in [-0.1, -0.05) is 32.0 Å². The fourth-order valence-corrected chi connectivity index (χ4v) is 4.33. The molecule has 34 heavy (non-hydrogen) atoms. The van der Waals surface area contributed by atoms with Crippen molar-refractivity contribution in [3.05, 3.63) is 54.2 Å². The van der Waals surface area contributed by atoms with Crippen LogP contribution >= 0.6 is 0 Å². The molecule has 3 aromatic rings. The van der Waals surface area contributed by atoms with Gasteiger partial charge in [0, 0.05) is 54.2 Å². The maximum Gasteiger partial charge on any atom is 0.229 e. The van der Waals surface area contributed by atoms with Gasteiger partial charge in [0.05, 0.1) is 24.2 Å². The van der Waals surface area contributed by atoms with Crippen molar-refractivity contribution in [2.24, 2.45) is 0 Å². The zero-order chi connectivity index (χ0) is 27.0. The first kappa shape index (κ1) is 19.9. The summed E-state index contributed by atoms with van der Waals surface area (Å²) in [5, 5.41) is 3.25. The summed E-state index contributed by atoms with van der Waals surface area (Å²) in [5.41, 5.74) is 10.7.